The van der Waals surface area contributed by atoms with Crippen molar-refractivity contribution in [3.05, 3.63) is 35.4 Å². The van der Waals surface area contributed by atoms with Gasteiger partial charge in [0.1, 0.15) is 0 Å². The maximum atomic E-state index is 4.48. The Labute approximate surface area is 79.1 Å². The van der Waals surface area contributed by atoms with Crippen molar-refractivity contribution < 1.29 is 0 Å². The Hall–Kier alpha value is -0.591. The molecule has 0 spiro atoms. The zero-order valence-electron chi connectivity index (χ0n) is 7.08. The van der Waals surface area contributed by atoms with Crippen molar-refractivity contribution >= 4 is 19.6 Å². The van der Waals surface area contributed by atoms with Gasteiger partial charge in [-0.25, -0.2) is 0 Å². The molecule has 1 aliphatic heterocycles. The van der Waals surface area contributed by atoms with Crippen molar-refractivity contribution in [2.24, 2.45) is 4.99 Å². The molecule has 12 heavy (non-hydrogen) atoms. The molecule has 2 heteroatoms. The van der Waals surface area contributed by atoms with Gasteiger partial charge in [-0.1, -0.05) is 0 Å². The van der Waals surface area contributed by atoms with E-state index >= 15 is 0 Å². The Morgan fingerprint density at radius 2 is 2.00 bits per heavy atom. The van der Waals surface area contributed by atoms with Crippen molar-refractivity contribution in [1.82, 2.24) is 0 Å². The van der Waals surface area contributed by atoms with Crippen LogP contribution in [0.2, 0.25) is 5.32 Å². The van der Waals surface area contributed by atoms with Gasteiger partial charge in [0.05, 0.1) is 0 Å². The van der Waals surface area contributed by atoms with E-state index in [-0.39, 0.29) is 0 Å². The van der Waals surface area contributed by atoms with Crippen molar-refractivity contribution in [2.75, 3.05) is 6.54 Å². The average Bonchev–Trinajstić information content (AvgIpc) is 2.58. The second-order valence-electron chi connectivity index (χ2n) is 2.90. The molecular weight excluding hydrogens is 213 g/mol. The second kappa shape index (κ2) is 3.42. The van der Waals surface area contributed by atoms with E-state index in [4.69, 9.17) is 0 Å². The van der Waals surface area contributed by atoms with Crippen LogP contribution in [0.5, 0.6) is 0 Å². The first-order valence-corrected chi connectivity index (χ1v) is 6.17. The zero-order valence-corrected chi connectivity index (χ0v) is 8.79. The molecule has 0 amide bonds. The summed E-state index contributed by atoms with van der Waals surface area (Å²) in [5, 5.41) is 1.29. The number of hydrogen-bond donors (Lipinski definition) is 0. The van der Waals surface area contributed by atoms with Gasteiger partial charge in [0.25, 0.3) is 0 Å². The Kier molecular flexibility index (Phi) is 2.29. The average molecular weight is 224 g/mol. The van der Waals surface area contributed by atoms with Gasteiger partial charge in [0.2, 0.25) is 0 Å². The minimum atomic E-state index is 0.634. The first-order valence-electron chi connectivity index (χ1n) is 4.10. The van der Waals surface area contributed by atoms with Gasteiger partial charge < -0.3 is 0 Å². The van der Waals surface area contributed by atoms with Crippen LogP contribution in [0.4, 0.5) is 0 Å². The second-order valence-corrected chi connectivity index (χ2v) is 5.17. The molecule has 1 aliphatic rings. The summed E-state index contributed by atoms with van der Waals surface area (Å²) in [6.45, 7) is 3.16. The summed E-state index contributed by atoms with van der Waals surface area (Å²) in [5.74, 6) is 0. The summed E-state index contributed by atoms with van der Waals surface area (Å²) in [7, 11) is 0. The molecule has 62 valence electrons. The Balaban J connectivity index is 2.28. The van der Waals surface area contributed by atoms with Crippen LogP contribution in [0, 0.1) is 6.92 Å². The summed E-state index contributed by atoms with van der Waals surface area (Å²) in [6, 6.07) is 8.68. The molecule has 1 heterocycles. The minimum absolute atomic E-state index is 0.634. The molecule has 0 saturated carbocycles. The van der Waals surface area contributed by atoms with Gasteiger partial charge in [-0.15, -0.1) is 0 Å². The van der Waals surface area contributed by atoms with Crippen LogP contribution >= 0.6 is 0 Å². The Bertz CT molecular complexity index is 300. The first-order chi connectivity index (χ1) is 5.86. The molecule has 0 saturated heterocycles. The molecular formula is C10H11NSe. The summed E-state index contributed by atoms with van der Waals surface area (Å²) in [4.78, 5) is 4.48. The predicted octanol–water partition coefficient (Wildman–Crippen LogP) is 1.88. The van der Waals surface area contributed by atoms with E-state index in [2.05, 4.69) is 36.2 Å². The Morgan fingerprint density at radius 3 is 2.58 bits per heavy atom. The Morgan fingerprint density at radius 1 is 1.25 bits per heavy atom. The van der Waals surface area contributed by atoms with E-state index in [9.17, 15) is 0 Å². The fraction of sp³-hybridized carbons (Fsp3) is 0.300. The standard InChI is InChI=1S/C10H11NSe/c1-8-2-4-9(5-3-8)10-11-6-7-12-10/h2-5H,6-7H2,1H3. The number of hydrogen-bond acceptors (Lipinski definition) is 1. The monoisotopic (exact) mass is 225 g/mol. The molecule has 0 bridgehead atoms. The number of benzene rings is 1. The van der Waals surface area contributed by atoms with Crippen LogP contribution in [0.15, 0.2) is 29.3 Å². The van der Waals surface area contributed by atoms with Crippen molar-refractivity contribution in [2.45, 2.75) is 12.2 Å². The van der Waals surface area contributed by atoms with Crippen molar-refractivity contribution in [3.63, 3.8) is 0 Å². The van der Waals surface area contributed by atoms with Crippen molar-refractivity contribution in [3.8, 4) is 0 Å². The van der Waals surface area contributed by atoms with E-state index in [1.54, 1.807) is 0 Å². The summed E-state index contributed by atoms with van der Waals surface area (Å²) < 4.78 is 1.35. The van der Waals surface area contributed by atoms with Crippen LogP contribution in [-0.4, -0.2) is 26.1 Å². The summed E-state index contributed by atoms with van der Waals surface area (Å²) in [6.07, 6.45) is 0. The number of nitrogens with zero attached hydrogens (tertiary/aromatic N) is 1. The topological polar surface area (TPSA) is 12.4 Å². The molecule has 1 aromatic carbocycles. The molecule has 0 unspecified atom stereocenters. The molecule has 0 radical (unpaired) electrons. The first kappa shape index (κ1) is 8.03. The predicted molar refractivity (Wildman–Crippen MR) is 53.1 cm³/mol. The molecule has 0 N–H and O–H groups in total. The van der Waals surface area contributed by atoms with Crippen LogP contribution in [0.1, 0.15) is 11.1 Å². The zero-order chi connectivity index (χ0) is 8.39. The third kappa shape index (κ3) is 1.60. The van der Waals surface area contributed by atoms with E-state index in [0.29, 0.717) is 15.0 Å². The van der Waals surface area contributed by atoms with Gasteiger partial charge in [-0.3, -0.25) is 0 Å². The van der Waals surface area contributed by atoms with Gasteiger partial charge in [0, 0.05) is 0 Å². The van der Waals surface area contributed by atoms with E-state index in [1.165, 1.54) is 21.1 Å². The van der Waals surface area contributed by atoms with Crippen LogP contribution < -0.4 is 0 Å². The van der Waals surface area contributed by atoms with Gasteiger partial charge in [0.15, 0.2) is 0 Å². The maximum absolute atomic E-state index is 4.48. The van der Waals surface area contributed by atoms with Gasteiger partial charge >= 0.3 is 78.7 Å². The molecule has 0 aromatic heterocycles. The van der Waals surface area contributed by atoms with E-state index in [0.717, 1.165) is 6.54 Å². The van der Waals surface area contributed by atoms with Crippen LogP contribution in [-0.2, 0) is 0 Å². The summed E-state index contributed by atoms with van der Waals surface area (Å²) in [5.41, 5.74) is 2.66. The third-order valence-electron chi connectivity index (χ3n) is 1.88. The normalized spacial score (nSPS) is 16.2. The fourth-order valence-electron chi connectivity index (χ4n) is 1.21. The molecule has 0 fully saturated rings. The molecule has 0 aliphatic carbocycles. The molecule has 0 atom stereocenters. The van der Waals surface area contributed by atoms with Crippen LogP contribution in [0.3, 0.4) is 0 Å². The molecule has 1 nitrogen and oxygen atoms in total. The molecule has 2 rings (SSSR count). The molecule has 1 aromatic rings. The van der Waals surface area contributed by atoms with Gasteiger partial charge in [-0.2, -0.15) is 0 Å². The SMILES string of the molecule is Cc1ccc(C2=NCC[Se]2)cc1. The quantitative estimate of drug-likeness (QED) is 0.646. The summed E-state index contributed by atoms with van der Waals surface area (Å²) >= 11 is 0.634. The van der Waals surface area contributed by atoms with Crippen LogP contribution in [0.25, 0.3) is 0 Å². The number of rotatable bonds is 1. The fourth-order valence-corrected chi connectivity index (χ4v) is 3.01. The van der Waals surface area contributed by atoms with Crippen molar-refractivity contribution in [1.29, 1.82) is 0 Å². The van der Waals surface area contributed by atoms with Gasteiger partial charge in [-0.05, 0) is 0 Å². The van der Waals surface area contributed by atoms with E-state index in [1.807, 2.05) is 0 Å². The third-order valence-corrected chi connectivity index (χ3v) is 4.03. The van der Waals surface area contributed by atoms with E-state index < -0.39 is 0 Å². The number of aliphatic imine (C=N–C) groups is 1. The number of aryl methyl sites for hydroxylation is 1.